The van der Waals surface area contributed by atoms with Gasteiger partial charge in [-0.3, -0.25) is 4.79 Å². The van der Waals surface area contributed by atoms with Crippen molar-refractivity contribution in [3.8, 4) is 0 Å². The van der Waals surface area contributed by atoms with Gasteiger partial charge in [0, 0.05) is 17.6 Å². The molecule has 1 amide bonds. The Morgan fingerprint density at radius 2 is 2.17 bits per heavy atom. The largest absolute Gasteiger partial charge is 0.339 e. The number of carbonyl (C=O) groups excluding carboxylic acids is 1. The number of benzene rings is 1. The molecule has 1 saturated heterocycles. The summed E-state index contributed by atoms with van der Waals surface area (Å²) in [6, 6.07) is 4.50. The van der Waals surface area contributed by atoms with Gasteiger partial charge in [-0.2, -0.15) is 0 Å². The van der Waals surface area contributed by atoms with Crippen LogP contribution in [0.5, 0.6) is 0 Å². The van der Waals surface area contributed by atoms with Crippen LogP contribution in [0, 0.1) is 11.7 Å². The third-order valence-electron chi connectivity index (χ3n) is 3.46. The Hall–Kier alpha value is -0.900. The summed E-state index contributed by atoms with van der Waals surface area (Å²) >= 11 is 3.28. The predicted octanol–water partition coefficient (Wildman–Crippen LogP) is 3.85. The molecule has 1 aromatic carbocycles. The van der Waals surface area contributed by atoms with E-state index in [4.69, 9.17) is 0 Å². The standard InChI is InChI=1S/C14H17BrFNO/c1-10-3-2-7-17(8-6-10)14(18)12-9-11(15)4-5-13(12)16/h4-5,9-10H,2-3,6-8H2,1H3. The van der Waals surface area contributed by atoms with Gasteiger partial charge < -0.3 is 4.90 Å². The molecule has 1 unspecified atom stereocenters. The van der Waals surface area contributed by atoms with E-state index in [0.29, 0.717) is 5.92 Å². The van der Waals surface area contributed by atoms with Gasteiger partial charge in [-0.15, -0.1) is 0 Å². The molecule has 0 bridgehead atoms. The third-order valence-corrected chi connectivity index (χ3v) is 3.96. The maximum atomic E-state index is 13.7. The molecular weight excluding hydrogens is 297 g/mol. The van der Waals surface area contributed by atoms with Crippen molar-refractivity contribution in [1.82, 2.24) is 4.90 Å². The molecule has 18 heavy (non-hydrogen) atoms. The number of nitrogens with zero attached hydrogens (tertiary/aromatic N) is 1. The monoisotopic (exact) mass is 313 g/mol. The molecule has 1 aliphatic heterocycles. The Labute approximate surface area is 115 Å². The van der Waals surface area contributed by atoms with E-state index < -0.39 is 5.82 Å². The van der Waals surface area contributed by atoms with Crippen LogP contribution in [0.3, 0.4) is 0 Å². The lowest BCUT2D eigenvalue weighted by atomic mass is 10.0. The average Bonchev–Trinajstić information content (AvgIpc) is 2.56. The minimum absolute atomic E-state index is 0.166. The summed E-state index contributed by atoms with van der Waals surface area (Å²) in [6.07, 6.45) is 3.15. The molecule has 0 radical (unpaired) electrons. The predicted molar refractivity (Wildman–Crippen MR) is 73.0 cm³/mol. The van der Waals surface area contributed by atoms with E-state index >= 15 is 0 Å². The van der Waals surface area contributed by atoms with E-state index in [1.807, 2.05) is 0 Å². The van der Waals surface area contributed by atoms with Crippen molar-refractivity contribution in [1.29, 1.82) is 0 Å². The Morgan fingerprint density at radius 1 is 1.39 bits per heavy atom. The zero-order chi connectivity index (χ0) is 13.1. The molecule has 4 heteroatoms. The first kappa shape index (κ1) is 13.5. The van der Waals surface area contributed by atoms with Gasteiger partial charge in [-0.1, -0.05) is 22.9 Å². The van der Waals surface area contributed by atoms with Crippen molar-refractivity contribution < 1.29 is 9.18 Å². The Balaban J connectivity index is 2.17. The van der Waals surface area contributed by atoms with Crippen molar-refractivity contribution in [2.45, 2.75) is 26.2 Å². The van der Waals surface area contributed by atoms with Crippen LogP contribution in [-0.4, -0.2) is 23.9 Å². The Bertz CT molecular complexity index is 449. The smallest absolute Gasteiger partial charge is 0.256 e. The zero-order valence-electron chi connectivity index (χ0n) is 10.5. The van der Waals surface area contributed by atoms with Crippen LogP contribution in [-0.2, 0) is 0 Å². The van der Waals surface area contributed by atoms with Crippen LogP contribution < -0.4 is 0 Å². The van der Waals surface area contributed by atoms with E-state index in [1.165, 1.54) is 6.07 Å². The molecular formula is C14H17BrFNO. The van der Waals surface area contributed by atoms with Crippen molar-refractivity contribution >= 4 is 21.8 Å². The number of amides is 1. The number of rotatable bonds is 1. The first-order valence-corrected chi connectivity index (χ1v) is 7.11. The van der Waals surface area contributed by atoms with E-state index in [0.717, 1.165) is 36.8 Å². The molecule has 1 atom stereocenters. The number of hydrogen-bond acceptors (Lipinski definition) is 1. The minimum Gasteiger partial charge on any atom is -0.339 e. The van der Waals surface area contributed by atoms with Gasteiger partial charge in [-0.05, 0) is 43.4 Å². The van der Waals surface area contributed by atoms with Gasteiger partial charge >= 0.3 is 0 Å². The maximum absolute atomic E-state index is 13.7. The number of halogens is 2. The molecule has 1 fully saturated rings. The molecule has 1 heterocycles. The molecule has 1 aromatic rings. The van der Waals surface area contributed by atoms with Crippen LogP contribution in [0.15, 0.2) is 22.7 Å². The van der Waals surface area contributed by atoms with Crippen LogP contribution in [0.25, 0.3) is 0 Å². The molecule has 98 valence electrons. The molecule has 0 aromatic heterocycles. The average molecular weight is 314 g/mol. The second-order valence-corrected chi connectivity index (χ2v) is 5.87. The van der Waals surface area contributed by atoms with Gasteiger partial charge in [0.25, 0.3) is 5.91 Å². The van der Waals surface area contributed by atoms with Gasteiger partial charge in [0.1, 0.15) is 5.82 Å². The normalized spacial score (nSPS) is 20.6. The molecule has 2 nitrogen and oxygen atoms in total. The van der Waals surface area contributed by atoms with Crippen LogP contribution in [0.2, 0.25) is 0 Å². The fourth-order valence-corrected chi connectivity index (χ4v) is 2.66. The summed E-state index contributed by atoms with van der Waals surface area (Å²) in [6.45, 7) is 3.66. The highest BCUT2D eigenvalue weighted by Crippen LogP contribution is 2.21. The summed E-state index contributed by atoms with van der Waals surface area (Å²) in [5.74, 6) is 0.0125. The van der Waals surface area contributed by atoms with Gasteiger partial charge in [0.05, 0.1) is 5.56 Å². The summed E-state index contributed by atoms with van der Waals surface area (Å²) in [7, 11) is 0. The molecule has 0 spiro atoms. The zero-order valence-corrected chi connectivity index (χ0v) is 12.0. The van der Waals surface area contributed by atoms with Crippen molar-refractivity contribution in [2.75, 3.05) is 13.1 Å². The number of hydrogen-bond donors (Lipinski definition) is 0. The summed E-state index contributed by atoms with van der Waals surface area (Å²) in [5.41, 5.74) is 0.166. The van der Waals surface area contributed by atoms with Gasteiger partial charge in [0.2, 0.25) is 0 Å². The van der Waals surface area contributed by atoms with Gasteiger partial charge in [0.15, 0.2) is 0 Å². The van der Waals surface area contributed by atoms with E-state index in [9.17, 15) is 9.18 Å². The quantitative estimate of drug-likeness (QED) is 0.771. The van der Waals surface area contributed by atoms with Crippen molar-refractivity contribution in [2.24, 2.45) is 5.92 Å². The first-order valence-electron chi connectivity index (χ1n) is 6.32. The van der Waals surface area contributed by atoms with Crippen molar-refractivity contribution in [3.05, 3.63) is 34.1 Å². The summed E-state index contributed by atoms with van der Waals surface area (Å²) in [5, 5.41) is 0. The number of likely N-dealkylation sites (tertiary alicyclic amines) is 1. The molecule has 1 aliphatic rings. The molecule has 2 rings (SSSR count). The maximum Gasteiger partial charge on any atom is 0.256 e. The lowest BCUT2D eigenvalue weighted by molar-refractivity contribution is 0.0755. The molecule has 0 aliphatic carbocycles. The van der Waals surface area contributed by atoms with Gasteiger partial charge in [-0.25, -0.2) is 4.39 Å². The Morgan fingerprint density at radius 3 is 2.94 bits per heavy atom. The highest BCUT2D eigenvalue weighted by atomic mass is 79.9. The number of carbonyl (C=O) groups is 1. The lowest BCUT2D eigenvalue weighted by Crippen LogP contribution is -2.32. The lowest BCUT2D eigenvalue weighted by Gasteiger charge is -2.20. The highest BCUT2D eigenvalue weighted by molar-refractivity contribution is 9.10. The summed E-state index contributed by atoms with van der Waals surface area (Å²) < 4.78 is 14.4. The van der Waals surface area contributed by atoms with E-state index in [1.54, 1.807) is 17.0 Å². The summed E-state index contributed by atoms with van der Waals surface area (Å²) in [4.78, 5) is 14.1. The van der Waals surface area contributed by atoms with E-state index in [2.05, 4.69) is 22.9 Å². The van der Waals surface area contributed by atoms with Crippen molar-refractivity contribution in [3.63, 3.8) is 0 Å². The van der Waals surface area contributed by atoms with E-state index in [-0.39, 0.29) is 11.5 Å². The first-order chi connectivity index (χ1) is 8.58. The molecule has 0 N–H and O–H groups in total. The van der Waals surface area contributed by atoms with Crippen LogP contribution >= 0.6 is 15.9 Å². The highest BCUT2D eigenvalue weighted by Gasteiger charge is 2.22. The second kappa shape index (κ2) is 5.83. The fourth-order valence-electron chi connectivity index (χ4n) is 2.30. The third kappa shape index (κ3) is 3.10. The minimum atomic E-state index is -0.444. The van der Waals surface area contributed by atoms with Crippen LogP contribution in [0.4, 0.5) is 4.39 Å². The fraction of sp³-hybridized carbons (Fsp3) is 0.500. The second-order valence-electron chi connectivity index (χ2n) is 4.95. The van der Waals surface area contributed by atoms with Crippen LogP contribution in [0.1, 0.15) is 36.5 Å². The molecule has 0 saturated carbocycles. The Kier molecular flexibility index (Phi) is 4.38. The SMILES string of the molecule is CC1CCCN(C(=O)c2cc(Br)ccc2F)CC1. The topological polar surface area (TPSA) is 20.3 Å².